The molecule has 0 bridgehead atoms. The number of rotatable bonds is 3. The molecule has 0 aliphatic rings. The highest BCUT2D eigenvalue weighted by Crippen LogP contribution is 2.29. The summed E-state index contributed by atoms with van der Waals surface area (Å²) < 4.78 is 32.1. The van der Waals surface area contributed by atoms with Crippen LogP contribution in [-0.2, 0) is 5.88 Å². The largest absolute Gasteiger partial charge is 0.454 e. The summed E-state index contributed by atoms with van der Waals surface area (Å²) in [6.07, 6.45) is 0. The van der Waals surface area contributed by atoms with Gasteiger partial charge in [0, 0.05) is 5.56 Å². The van der Waals surface area contributed by atoms with Crippen LogP contribution in [0, 0.1) is 11.6 Å². The number of alkyl halides is 1. The zero-order valence-corrected chi connectivity index (χ0v) is 9.55. The van der Waals surface area contributed by atoms with Crippen molar-refractivity contribution >= 4 is 11.6 Å². The summed E-state index contributed by atoms with van der Waals surface area (Å²) in [5.41, 5.74) is 0.220. The van der Waals surface area contributed by atoms with Gasteiger partial charge in [0.1, 0.15) is 11.6 Å². The lowest BCUT2D eigenvalue weighted by Gasteiger charge is -2.10. The van der Waals surface area contributed by atoms with E-state index in [4.69, 9.17) is 16.3 Å². The fraction of sp³-hybridized carbons (Fsp3) is 0.0769. The maximum atomic E-state index is 13.4. The van der Waals surface area contributed by atoms with Gasteiger partial charge in [-0.1, -0.05) is 18.2 Å². The van der Waals surface area contributed by atoms with E-state index in [1.54, 1.807) is 18.2 Å². The van der Waals surface area contributed by atoms with Crippen molar-refractivity contribution in [3.63, 3.8) is 0 Å². The lowest BCUT2D eigenvalue weighted by atomic mass is 10.2. The minimum absolute atomic E-state index is 0.0313. The molecule has 0 aromatic heterocycles. The smallest absolute Gasteiger partial charge is 0.165 e. The standard InChI is InChI=1S/C13H9ClF2O/c14-8-9-10(15)5-3-7-12(9)17-13-6-2-1-4-11(13)16/h1-7H,8H2. The molecule has 0 N–H and O–H groups in total. The molecule has 0 heterocycles. The van der Waals surface area contributed by atoms with E-state index in [2.05, 4.69) is 0 Å². The van der Waals surface area contributed by atoms with Gasteiger partial charge in [-0.2, -0.15) is 0 Å². The van der Waals surface area contributed by atoms with E-state index in [1.807, 2.05) is 0 Å². The lowest BCUT2D eigenvalue weighted by molar-refractivity contribution is 0.434. The van der Waals surface area contributed by atoms with E-state index in [1.165, 1.54) is 24.3 Å². The maximum absolute atomic E-state index is 13.4. The third-order valence-corrected chi connectivity index (χ3v) is 2.53. The molecule has 0 aliphatic heterocycles. The summed E-state index contributed by atoms with van der Waals surface area (Å²) in [7, 11) is 0. The van der Waals surface area contributed by atoms with Gasteiger partial charge in [-0.15, -0.1) is 11.6 Å². The van der Waals surface area contributed by atoms with Crippen molar-refractivity contribution < 1.29 is 13.5 Å². The van der Waals surface area contributed by atoms with E-state index < -0.39 is 11.6 Å². The molecule has 0 amide bonds. The average Bonchev–Trinajstić information content (AvgIpc) is 2.32. The van der Waals surface area contributed by atoms with E-state index in [0.29, 0.717) is 0 Å². The van der Waals surface area contributed by atoms with Crippen molar-refractivity contribution in [1.82, 2.24) is 0 Å². The van der Waals surface area contributed by atoms with Gasteiger partial charge >= 0.3 is 0 Å². The quantitative estimate of drug-likeness (QED) is 0.733. The fourth-order valence-electron chi connectivity index (χ4n) is 1.41. The van der Waals surface area contributed by atoms with Gasteiger partial charge in [0.25, 0.3) is 0 Å². The molecule has 0 saturated heterocycles. The predicted molar refractivity (Wildman–Crippen MR) is 62.4 cm³/mol. The monoisotopic (exact) mass is 254 g/mol. The first-order valence-corrected chi connectivity index (χ1v) is 5.51. The molecular formula is C13H9ClF2O. The van der Waals surface area contributed by atoms with Gasteiger partial charge in [-0.05, 0) is 24.3 Å². The minimum atomic E-state index is -0.503. The summed E-state index contributed by atoms with van der Waals surface area (Å²) in [6, 6.07) is 10.3. The highest BCUT2D eigenvalue weighted by Gasteiger charge is 2.11. The van der Waals surface area contributed by atoms with Crippen molar-refractivity contribution in [2.45, 2.75) is 5.88 Å². The van der Waals surface area contributed by atoms with E-state index >= 15 is 0 Å². The molecule has 2 rings (SSSR count). The molecule has 0 spiro atoms. The van der Waals surface area contributed by atoms with Crippen LogP contribution in [0.25, 0.3) is 0 Å². The third-order valence-electron chi connectivity index (χ3n) is 2.27. The highest BCUT2D eigenvalue weighted by atomic mass is 35.5. The van der Waals surface area contributed by atoms with Crippen LogP contribution < -0.4 is 4.74 Å². The van der Waals surface area contributed by atoms with Crippen LogP contribution in [0.2, 0.25) is 0 Å². The summed E-state index contributed by atoms with van der Waals surface area (Å²) in [4.78, 5) is 0. The minimum Gasteiger partial charge on any atom is -0.454 e. The molecule has 2 aromatic carbocycles. The van der Waals surface area contributed by atoms with Crippen molar-refractivity contribution in [2.24, 2.45) is 0 Å². The zero-order chi connectivity index (χ0) is 12.3. The summed E-state index contributed by atoms with van der Waals surface area (Å²) >= 11 is 5.63. The zero-order valence-electron chi connectivity index (χ0n) is 8.79. The molecular weight excluding hydrogens is 246 g/mol. The molecule has 88 valence electrons. The van der Waals surface area contributed by atoms with Crippen LogP contribution in [-0.4, -0.2) is 0 Å². The van der Waals surface area contributed by atoms with Gasteiger partial charge in [0.2, 0.25) is 0 Å². The van der Waals surface area contributed by atoms with Gasteiger partial charge < -0.3 is 4.74 Å². The first kappa shape index (κ1) is 11.9. The van der Waals surface area contributed by atoms with Gasteiger partial charge in [-0.3, -0.25) is 0 Å². The van der Waals surface area contributed by atoms with E-state index in [0.717, 1.165) is 0 Å². The number of halogens is 3. The Morgan fingerprint density at radius 1 is 0.882 bits per heavy atom. The number of hydrogen-bond acceptors (Lipinski definition) is 1. The molecule has 2 aromatic rings. The molecule has 17 heavy (non-hydrogen) atoms. The Morgan fingerprint density at radius 3 is 2.24 bits per heavy atom. The normalized spacial score (nSPS) is 10.3. The van der Waals surface area contributed by atoms with Gasteiger partial charge in [-0.25, -0.2) is 8.78 Å². The van der Waals surface area contributed by atoms with Crippen LogP contribution in [0.3, 0.4) is 0 Å². The molecule has 4 heteroatoms. The lowest BCUT2D eigenvalue weighted by Crippen LogP contribution is -1.94. The number of hydrogen-bond donors (Lipinski definition) is 0. The second-order valence-corrected chi connectivity index (χ2v) is 3.65. The van der Waals surface area contributed by atoms with E-state index in [9.17, 15) is 8.78 Å². The molecule has 0 saturated carbocycles. The van der Waals surface area contributed by atoms with Crippen LogP contribution in [0.1, 0.15) is 5.56 Å². The molecule has 0 atom stereocenters. The topological polar surface area (TPSA) is 9.23 Å². The second-order valence-electron chi connectivity index (χ2n) is 3.38. The molecule has 0 radical (unpaired) electrons. The number of ether oxygens (including phenoxy) is 1. The first-order chi connectivity index (χ1) is 8.22. The Kier molecular flexibility index (Phi) is 3.59. The van der Waals surface area contributed by atoms with Crippen molar-refractivity contribution in [2.75, 3.05) is 0 Å². The first-order valence-electron chi connectivity index (χ1n) is 4.98. The van der Waals surface area contributed by atoms with Gasteiger partial charge in [0.05, 0.1) is 5.88 Å². The van der Waals surface area contributed by atoms with Crippen molar-refractivity contribution in [1.29, 1.82) is 0 Å². The van der Waals surface area contributed by atoms with Crippen molar-refractivity contribution in [3.05, 3.63) is 59.7 Å². The Morgan fingerprint density at radius 2 is 1.53 bits per heavy atom. The molecule has 0 aliphatic carbocycles. The summed E-state index contributed by atoms with van der Waals surface area (Å²) in [6.45, 7) is 0. The van der Waals surface area contributed by atoms with Crippen molar-refractivity contribution in [3.8, 4) is 11.5 Å². The Hall–Kier alpha value is -1.61. The SMILES string of the molecule is Fc1ccccc1Oc1cccc(F)c1CCl. The highest BCUT2D eigenvalue weighted by molar-refractivity contribution is 6.17. The average molecular weight is 255 g/mol. The number of para-hydroxylation sites is 1. The van der Waals surface area contributed by atoms with Gasteiger partial charge in [0.15, 0.2) is 11.6 Å². The summed E-state index contributed by atoms with van der Waals surface area (Å²) in [5.74, 6) is -0.725. The molecule has 0 fully saturated rings. The van der Waals surface area contributed by atoms with E-state index in [-0.39, 0.29) is 22.9 Å². The maximum Gasteiger partial charge on any atom is 0.165 e. The Balaban J connectivity index is 2.37. The Labute approximate surface area is 103 Å². The summed E-state index contributed by atoms with van der Waals surface area (Å²) in [5, 5.41) is 0. The second kappa shape index (κ2) is 5.15. The number of benzene rings is 2. The van der Waals surface area contributed by atoms with Crippen LogP contribution >= 0.6 is 11.6 Å². The predicted octanol–water partition coefficient (Wildman–Crippen LogP) is 4.50. The third kappa shape index (κ3) is 2.56. The molecule has 0 unspecified atom stereocenters. The van der Waals surface area contributed by atoms with Crippen LogP contribution in [0.4, 0.5) is 8.78 Å². The van der Waals surface area contributed by atoms with Crippen LogP contribution in [0.5, 0.6) is 11.5 Å². The molecule has 1 nitrogen and oxygen atoms in total. The van der Waals surface area contributed by atoms with Crippen LogP contribution in [0.15, 0.2) is 42.5 Å². The fourth-order valence-corrected chi connectivity index (χ4v) is 1.67. The Bertz CT molecular complexity index is 529.